The molecule has 0 N–H and O–H groups in total. The molecule has 494 valence electrons. The molecule has 0 aliphatic rings. The van der Waals surface area contributed by atoms with E-state index in [-0.39, 0.29) is 31.1 Å². The van der Waals surface area contributed by atoms with E-state index in [0.29, 0.717) is 19.3 Å². The fourth-order valence-corrected chi connectivity index (χ4v) is 12.3. The Kier molecular flexibility index (Phi) is 71.5. The van der Waals surface area contributed by atoms with E-state index in [0.717, 1.165) is 57.8 Å². The Morgan fingerprint density at radius 2 is 0.325 bits per heavy atom. The van der Waals surface area contributed by atoms with Crippen molar-refractivity contribution in [2.45, 2.75) is 463 Å². The molecule has 0 rings (SSSR count). The van der Waals surface area contributed by atoms with Gasteiger partial charge in [-0.25, -0.2) is 0 Å². The second-order valence-electron chi connectivity index (χ2n) is 26.6. The molecule has 1 atom stereocenters. The molecule has 0 aromatic carbocycles. The Bertz CT molecular complexity index is 1250. The van der Waals surface area contributed by atoms with Crippen molar-refractivity contribution >= 4 is 17.9 Å². The maximum absolute atomic E-state index is 12.9. The number of carbonyl (C=O) groups is 3. The SMILES string of the molecule is CCCCCCCCCCCCCCCCCCCCCCCCCCCCCCCCC(=O)OCC(COC(=O)CCCCCCCCCC)OC(=O)CCCCCCCCCCCCCCCCCCCCCCCCCCCCC. The predicted molar refractivity (Wildman–Crippen MR) is 363 cm³/mol. The lowest BCUT2D eigenvalue weighted by Crippen LogP contribution is -2.30. The molecule has 1 unspecified atom stereocenters. The number of unbranched alkanes of at least 4 members (excludes halogenated alkanes) is 62. The normalized spacial score (nSPS) is 11.9. The summed E-state index contributed by atoms with van der Waals surface area (Å²) in [5.41, 5.74) is 0. The first-order valence-electron chi connectivity index (χ1n) is 38.5. The van der Waals surface area contributed by atoms with E-state index in [4.69, 9.17) is 14.2 Å². The van der Waals surface area contributed by atoms with Crippen molar-refractivity contribution in [1.82, 2.24) is 0 Å². The summed E-state index contributed by atoms with van der Waals surface area (Å²) >= 11 is 0. The first-order valence-corrected chi connectivity index (χ1v) is 38.5. The van der Waals surface area contributed by atoms with Gasteiger partial charge in [-0.05, 0) is 19.3 Å². The highest BCUT2D eigenvalue weighted by atomic mass is 16.6. The van der Waals surface area contributed by atoms with Gasteiger partial charge < -0.3 is 14.2 Å². The second kappa shape index (κ2) is 72.9. The third kappa shape index (κ3) is 71.1. The highest BCUT2D eigenvalue weighted by Crippen LogP contribution is 2.20. The Hall–Kier alpha value is -1.59. The van der Waals surface area contributed by atoms with E-state index in [9.17, 15) is 14.4 Å². The predicted octanol–water partition coefficient (Wildman–Crippen LogP) is 26.6. The van der Waals surface area contributed by atoms with E-state index in [1.807, 2.05) is 0 Å². The Balaban J connectivity index is 3.98. The number of rotatable bonds is 73. The van der Waals surface area contributed by atoms with Gasteiger partial charge in [0.15, 0.2) is 6.10 Å². The molecule has 6 nitrogen and oxygen atoms in total. The van der Waals surface area contributed by atoms with Crippen molar-refractivity contribution < 1.29 is 28.6 Å². The highest BCUT2D eigenvalue weighted by Gasteiger charge is 2.20. The fourth-order valence-electron chi connectivity index (χ4n) is 12.3. The van der Waals surface area contributed by atoms with Gasteiger partial charge >= 0.3 is 17.9 Å². The van der Waals surface area contributed by atoms with Crippen LogP contribution in [0.3, 0.4) is 0 Å². The van der Waals surface area contributed by atoms with Crippen LogP contribution in [0.25, 0.3) is 0 Å². The number of ether oxygens (including phenoxy) is 3. The molecule has 0 saturated heterocycles. The van der Waals surface area contributed by atoms with E-state index in [1.165, 1.54) is 360 Å². The average molecular weight is 1170 g/mol. The van der Waals surface area contributed by atoms with Crippen LogP contribution in [0.1, 0.15) is 457 Å². The standard InChI is InChI=1S/C77H150O6/c1-4-7-10-13-16-19-21-23-25-27-29-31-33-35-37-38-39-41-42-44-46-48-50-52-54-56-58-61-64-67-70-76(79)82-73-74(72-81-75(78)69-66-63-60-18-15-12-9-6-3)83-77(80)71-68-65-62-59-57-55-53-51-49-47-45-43-40-36-34-32-30-28-26-24-22-20-17-14-11-8-5-2/h74H,4-73H2,1-3H3. The topological polar surface area (TPSA) is 78.9 Å². The summed E-state index contributed by atoms with van der Waals surface area (Å²) in [5, 5.41) is 0. The maximum Gasteiger partial charge on any atom is 0.306 e. The lowest BCUT2D eigenvalue weighted by atomic mass is 10.0. The molecule has 0 amide bonds. The first-order chi connectivity index (χ1) is 41.0. The molecule has 0 saturated carbocycles. The molecule has 0 radical (unpaired) electrons. The molecule has 83 heavy (non-hydrogen) atoms. The smallest absolute Gasteiger partial charge is 0.306 e. The summed E-state index contributed by atoms with van der Waals surface area (Å²) in [7, 11) is 0. The van der Waals surface area contributed by atoms with Gasteiger partial charge in [0.25, 0.3) is 0 Å². The molecule has 0 spiro atoms. The van der Waals surface area contributed by atoms with Crippen LogP contribution in [-0.2, 0) is 28.6 Å². The number of hydrogen-bond donors (Lipinski definition) is 0. The van der Waals surface area contributed by atoms with E-state index in [1.54, 1.807) is 0 Å². The first kappa shape index (κ1) is 81.4. The minimum Gasteiger partial charge on any atom is -0.462 e. The molecule has 6 heteroatoms. The molecule has 0 heterocycles. The van der Waals surface area contributed by atoms with E-state index in [2.05, 4.69) is 20.8 Å². The van der Waals surface area contributed by atoms with Crippen LogP contribution in [0, 0.1) is 0 Å². The van der Waals surface area contributed by atoms with Crippen molar-refractivity contribution in [3.05, 3.63) is 0 Å². The minimum absolute atomic E-state index is 0.0608. The zero-order chi connectivity index (χ0) is 59.9. The van der Waals surface area contributed by atoms with Gasteiger partial charge in [0.1, 0.15) is 13.2 Å². The molecular formula is C77H150O6. The lowest BCUT2D eigenvalue weighted by molar-refractivity contribution is -0.167. The van der Waals surface area contributed by atoms with Gasteiger partial charge in [-0.15, -0.1) is 0 Å². The molecular weight excluding hydrogens is 1020 g/mol. The number of hydrogen-bond acceptors (Lipinski definition) is 6. The van der Waals surface area contributed by atoms with Crippen LogP contribution in [0.4, 0.5) is 0 Å². The molecule has 0 fully saturated rings. The van der Waals surface area contributed by atoms with Crippen LogP contribution in [0.2, 0.25) is 0 Å². The van der Waals surface area contributed by atoms with Crippen molar-refractivity contribution in [3.8, 4) is 0 Å². The van der Waals surface area contributed by atoms with Crippen LogP contribution in [0.15, 0.2) is 0 Å². The second-order valence-corrected chi connectivity index (χ2v) is 26.6. The van der Waals surface area contributed by atoms with Gasteiger partial charge in [-0.3, -0.25) is 14.4 Å². The van der Waals surface area contributed by atoms with Gasteiger partial charge in [0.05, 0.1) is 0 Å². The van der Waals surface area contributed by atoms with Gasteiger partial charge in [0, 0.05) is 19.3 Å². The monoisotopic (exact) mass is 1170 g/mol. The molecule has 0 bridgehead atoms. The van der Waals surface area contributed by atoms with Gasteiger partial charge in [0.2, 0.25) is 0 Å². The summed E-state index contributed by atoms with van der Waals surface area (Å²) in [5.74, 6) is -0.826. The van der Waals surface area contributed by atoms with Gasteiger partial charge in [-0.2, -0.15) is 0 Å². The van der Waals surface area contributed by atoms with Crippen molar-refractivity contribution in [1.29, 1.82) is 0 Å². The molecule has 0 aromatic rings. The molecule has 0 aliphatic carbocycles. The third-order valence-electron chi connectivity index (χ3n) is 18.1. The van der Waals surface area contributed by atoms with E-state index >= 15 is 0 Å². The zero-order valence-electron chi connectivity index (χ0n) is 57.0. The Labute approximate surface area is 520 Å². The number of carbonyl (C=O) groups excluding carboxylic acids is 3. The van der Waals surface area contributed by atoms with E-state index < -0.39 is 6.10 Å². The average Bonchev–Trinajstić information content (AvgIpc) is 3.49. The van der Waals surface area contributed by atoms with Crippen LogP contribution in [0.5, 0.6) is 0 Å². The highest BCUT2D eigenvalue weighted by molar-refractivity contribution is 5.71. The van der Waals surface area contributed by atoms with Crippen molar-refractivity contribution in [2.24, 2.45) is 0 Å². The Morgan fingerprint density at radius 3 is 0.482 bits per heavy atom. The molecule has 0 aromatic heterocycles. The van der Waals surface area contributed by atoms with Crippen LogP contribution in [-0.4, -0.2) is 37.2 Å². The van der Waals surface area contributed by atoms with Crippen LogP contribution >= 0.6 is 0 Å². The zero-order valence-corrected chi connectivity index (χ0v) is 57.0. The summed E-state index contributed by atoms with van der Waals surface area (Å²) in [4.78, 5) is 38.3. The van der Waals surface area contributed by atoms with Crippen molar-refractivity contribution in [2.75, 3.05) is 13.2 Å². The quantitative estimate of drug-likeness (QED) is 0.0343. The molecule has 0 aliphatic heterocycles. The van der Waals surface area contributed by atoms with Gasteiger partial charge in [-0.1, -0.05) is 419 Å². The minimum atomic E-state index is -0.763. The number of esters is 3. The summed E-state index contributed by atoms with van der Waals surface area (Å²) in [6.45, 7) is 6.72. The largest absolute Gasteiger partial charge is 0.462 e. The summed E-state index contributed by atoms with van der Waals surface area (Å²) in [6, 6.07) is 0. The lowest BCUT2D eigenvalue weighted by Gasteiger charge is -2.18. The van der Waals surface area contributed by atoms with Crippen LogP contribution < -0.4 is 0 Å². The van der Waals surface area contributed by atoms with Crippen molar-refractivity contribution in [3.63, 3.8) is 0 Å². The maximum atomic E-state index is 12.9. The summed E-state index contributed by atoms with van der Waals surface area (Å²) in [6.07, 6.45) is 87.7. The Morgan fingerprint density at radius 1 is 0.193 bits per heavy atom. The fraction of sp³-hybridized carbons (Fsp3) is 0.961. The summed E-state index contributed by atoms with van der Waals surface area (Å²) < 4.78 is 17.0. The third-order valence-corrected chi connectivity index (χ3v) is 18.1.